The molecule has 21 heavy (non-hydrogen) atoms. The van der Waals surface area contributed by atoms with Crippen molar-refractivity contribution in [2.75, 3.05) is 13.1 Å². The molecule has 0 spiro atoms. The van der Waals surface area contributed by atoms with Crippen LogP contribution in [0.4, 0.5) is 0 Å². The first-order chi connectivity index (χ1) is 10.0. The highest BCUT2D eigenvalue weighted by Gasteiger charge is 2.24. The van der Waals surface area contributed by atoms with Crippen LogP contribution in [0.25, 0.3) is 0 Å². The third-order valence-corrected chi connectivity index (χ3v) is 4.10. The summed E-state index contributed by atoms with van der Waals surface area (Å²) < 4.78 is 0. The van der Waals surface area contributed by atoms with E-state index < -0.39 is 5.97 Å². The maximum absolute atomic E-state index is 12.2. The molecule has 3 N–H and O–H groups in total. The first kappa shape index (κ1) is 15.5. The number of carbonyl (C=O) groups excluding carboxylic acids is 1. The van der Waals surface area contributed by atoms with Crippen LogP contribution in [-0.2, 0) is 17.8 Å². The van der Waals surface area contributed by atoms with Gasteiger partial charge in [0, 0.05) is 19.5 Å². The van der Waals surface area contributed by atoms with Crippen LogP contribution < -0.4 is 5.73 Å². The van der Waals surface area contributed by atoms with E-state index in [1.807, 2.05) is 17.9 Å². The normalized spacial score (nSPS) is 15.4. The van der Waals surface area contributed by atoms with Gasteiger partial charge in [0.15, 0.2) is 0 Å². The van der Waals surface area contributed by atoms with Crippen LogP contribution in [0.3, 0.4) is 0 Å². The highest BCUT2D eigenvalue weighted by molar-refractivity contribution is 5.90. The first-order valence-electron chi connectivity index (χ1n) is 7.34. The summed E-state index contributed by atoms with van der Waals surface area (Å²) in [6.45, 7) is 3.73. The third-order valence-electron chi connectivity index (χ3n) is 4.10. The van der Waals surface area contributed by atoms with E-state index in [1.165, 1.54) is 0 Å². The van der Waals surface area contributed by atoms with E-state index in [0.29, 0.717) is 44.0 Å². The molecule has 1 amide bonds. The molecule has 0 bridgehead atoms. The molecule has 114 valence electrons. The van der Waals surface area contributed by atoms with Gasteiger partial charge in [-0.2, -0.15) is 0 Å². The van der Waals surface area contributed by atoms with Gasteiger partial charge in [-0.1, -0.05) is 19.1 Å². The molecule has 1 aromatic rings. The van der Waals surface area contributed by atoms with Gasteiger partial charge in [0.25, 0.3) is 0 Å². The molecular formula is C16H22N2O3. The average Bonchev–Trinajstić information content (AvgIpc) is 2.50. The van der Waals surface area contributed by atoms with Gasteiger partial charge in [-0.3, -0.25) is 4.79 Å². The molecule has 1 aromatic carbocycles. The van der Waals surface area contributed by atoms with Gasteiger partial charge in [-0.25, -0.2) is 4.79 Å². The van der Waals surface area contributed by atoms with Gasteiger partial charge in [-0.05, 0) is 42.5 Å². The maximum Gasteiger partial charge on any atom is 0.335 e. The fraction of sp³-hybridized carbons (Fsp3) is 0.500. The number of carboxylic acids is 1. The van der Waals surface area contributed by atoms with Crippen LogP contribution in [0.15, 0.2) is 18.2 Å². The van der Waals surface area contributed by atoms with Crippen molar-refractivity contribution >= 4 is 11.9 Å². The second kappa shape index (κ2) is 6.72. The van der Waals surface area contributed by atoms with Crippen molar-refractivity contribution in [1.29, 1.82) is 0 Å². The van der Waals surface area contributed by atoms with E-state index in [1.54, 1.807) is 12.1 Å². The SMILES string of the molecule is CC(CN)CCC(=O)N1CCc2c(cccc2C(=O)O)C1. The number of amides is 1. The Morgan fingerprint density at radius 1 is 1.43 bits per heavy atom. The number of hydrogen-bond acceptors (Lipinski definition) is 3. The second-order valence-corrected chi connectivity index (χ2v) is 5.69. The van der Waals surface area contributed by atoms with Crippen LogP contribution in [0.1, 0.15) is 41.3 Å². The van der Waals surface area contributed by atoms with Crippen molar-refractivity contribution in [1.82, 2.24) is 4.90 Å². The predicted molar refractivity (Wildman–Crippen MR) is 80.0 cm³/mol. The first-order valence-corrected chi connectivity index (χ1v) is 7.34. The molecule has 1 atom stereocenters. The summed E-state index contributed by atoms with van der Waals surface area (Å²) in [6, 6.07) is 5.28. The third kappa shape index (κ3) is 3.61. The minimum atomic E-state index is -0.900. The molecule has 5 nitrogen and oxygen atoms in total. The van der Waals surface area contributed by atoms with Crippen molar-refractivity contribution in [2.24, 2.45) is 11.7 Å². The molecule has 0 radical (unpaired) electrons. The lowest BCUT2D eigenvalue weighted by Gasteiger charge is -2.30. The predicted octanol–water partition coefficient (Wildman–Crippen LogP) is 1.64. The quantitative estimate of drug-likeness (QED) is 0.863. The van der Waals surface area contributed by atoms with E-state index in [2.05, 4.69) is 0 Å². The van der Waals surface area contributed by atoms with Crippen molar-refractivity contribution < 1.29 is 14.7 Å². The van der Waals surface area contributed by atoms with Gasteiger partial charge in [0.2, 0.25) is 5.91 Å². The molecule has 1 aliphatic rings. The zero-order valence-electron chi connectivity index (χ0n) is 12.3. The van der Waals surface area contributed by atoms with Gasteiger partial charge in [-0.15, -0.1) is 0 Å². The van der Waals surface area contributed by atoms with E-state index >= 15 is 0 Å². The number of benzene rings is 1. The molecule has 1 unspecified atom stereocenters. The molecule has 5 heteroatoms. The zero-order chi connectivity index (χ0) is 15.4. The molecule has 0 fully saturated rings. The van der Waals surface area contributed by atoms with E-state index in [-0.39, 0.29) is 5.91 Å². The fourth-order valence-electron chi connectivity index (χ4n) is 2.67. The number of carbonyl (C=O) groups is 2. The lowest BCUT2D eigenvalue weighted by molar-refractivity contribution is -0.132. The summed E-state index contributed by atoms with van der Waals surface area (Å²) in [5, 5.41) is 9.20. The van der Waals surface area contributed by atoms with Crippen LogP contribution in [-0.4, -0.2) is 35.0 Å². The molecule has 1 heterocycles. The summed E-state index contributed by atoms with van der Waals surface area (Å²) >= 11 is 0. The Hall–Kier alpha value is -1.88. The molecule has 0 aliphatic carbocycles. The Morgan fingerprint density at radius 2 is 2.19 bits per heavy atom. The topological polar surface area (TPSA) is 83.6 Å². The molecule has 0 saturated carbocycles. The number of carboxylic acid groups (broad SMARTS) is 1. The maximum atomic E-state index is 12.2. The molecule has 2 rings (SSSR count). The van der Waals surface area contributed by atoms with Crippen molar-refractivity contribution in [2.45, 2.75) is 32.7 Å². The lowest BCUT2D eigenvalue weighted by Crippen LogP contribution is -2.36. The van der Waals surface area contributed by atoms with Crippen LogP contribution in [0.2, 0.25) is 0 Å². The zero-order valence-corrected chi connectivity index (χ0v) is 12.3. The largest absolute Gasteiger partial charge is 0.478 e. The summed E-state index contributed by atoms with van der Waals surface area (Å²) in [4.78, 5) is 25.2. The van der Waals surface area contributed by atoms with Crippen LogP contribution in [0, 0.1) is 5.92 Å². The van der Waals surface area contributed by atoms with E-state index in [0.717, 1.165) is 17.5 Å². The smallest absolute Gasteiger partial charge is 0.335 e. The number of fused-ring (bicyclic) bond motifs is 1. The van der Waals surface area contributed by atoms with Crippen molar-refractivity contribution in [3.63, 3.8) is 0 Å². The van der Waals surface area contributed by atoms with Gasteiger partial charge < -0.3 is 15.7 Å². The van der Waals surface area contributed by atoms with Crippen LogP contribution in [0.5, 0.6) is 0 Å². The Balaban J connectivity index is 2.04. The monoisotopic (exact) mass is 290 g/mol. The minimum Gasteiger partial charge on any atom is -0.478 e. The van der Waals surface area contributed by atoms with Crippen molar-refractivity contribution in [3.8, 4) is 0 Å². The molecular weight excluding hydrogens is 268 g/mol. The Morgan fingerprint density at radius 3 is 2.86 bits per heavy atom. The minimum absolute atomic E-state index is 0.127. The Bertz CT molecular complexity index is 542. The lowest BCUT2D eigenvalue weighted by atomic mass is 9.94. The van der Waals surface area contributed by atoms with Crippen molar-refractivity contribution in [3.05, 3.63) is 34.9 Å². The highest BCUT2D eigenvalue weighted by Crippen LogP contribution is 2.23. The number of aromatic carboxylic acids is 1. The van der Waals surface area contributed by atoms with E-state index in [9.17, 15) is 14.7 Å². The number of rotatable bonds is 5. The number of nitrogens with zero attached hydrogens (tertiary/aromatic N) is 1. The molecule has 0 saturated heterocycles. The Kier molecular flexibility index (Phi) is 4.96. The summed E-state index contributed by atoms with van der Waals surface area (Å²) in [7, 11) is 0. The Labute approximate surface area is 124 Å². The van der Waals surface area contributed by atoms with Gasteiger partial charge in [0.1, 0.15) is 0 Å². The highest BCUT2D eigenvalue weighted by atomic mass is 16.4. The number of hydrogen-bond donors (Lipinski definition) is 2. The second-order valence-electron chi connectivity index (χ2n) is 5.69. The van der Waals surface area contributed by atoms with Crippen LogP contribution >= 0.6 is 0 Å². The molecule has 0 aromatic heterocycles. The number of nitrogens with two attached hydrogens (primary N) is 1. The summed E-state index contributed by atoms with van der Waals surface area (Å²) in [5.74, 6) is -0.422. The van der Waals surface area contributed by atoms with E-state index in [4.69, 9.17) is 5.73 Å². The van der Waals surface area contributed by atoms with Gasteiger partial charge >= 0.3 is 5.97 Å². The average molecular weight is 290 g/mol. The summed E-state index contributed by atoms with van der Waals surface area (Å²) in [6.07, 6.45) is 1.91. The standard InChI is InChI=1S/C16H22N2O3/c1-11(9-17)5-6-15(19)18-8-7-13-12(10-18)3-2-4-14(13)16(20)21/h2-4,11H,5-10,17H2,1H3,(H,20,21). The van der Waals surface area contributed by atoms with Gasteiger partial charge in [0.05, 0.1) is 5.56 Å². The fourth-order valence-corrected chi connectivity index (χ4v) is 2.67. The summed E-state index contributed by atoms with van der Waals surface area (Å²) in [5.41, 5.74) is 7.73. The molecule has 1 aliphatic heterocycles.